The predicted molar refractivity (Wildman–Crippen MR) is 121 cm³/mol. The molecule has 0 unspecified atom stereocenters. The Kier molecular flexibility index (Phi) is 4.27. The van der Waals surface area contributed by atoms with Crippen molar-refractivity contribution in [2.75, 3.05) is 10.6 Å². The molecule has 2 N–H and O–H groups in total. The van der Waals surface area contributed by atoms with E-state index >= 15 is 0 Å². The van der Waals surface area contributed by atoms with Crippen molar-refractivity contribution in [2.24, 2.45) is 21.7 Å². The van der Waals surface area contributed by atoms with E-state index in [4.69, 9.17) is 9.47 Å². The molecule has 0 aromatic carbocycles. The summed E-state index contributed by atoms with van der Waals surface area (Å²) in [5.41, 5.74) is -5.33. The van der Waals surface area contributed by atoms with Crippen LogP contribution in [0.3, 0.4) is 0 Å². The molecular formula is C25H31N3O6. The summed E-state index contributed by atoms with van der Waals surface area (Å²) < 4.78 is 11.3. The fourth-order valence-electron chi connectivity index (χ4n) is 6.50. The highest BCUT2D eigenvalue weighted by molar-refractivity contribution is 6.04. The van der Waals surface area contributed by atoms with Gasteiger partial charge in [-0.2, -0.15) is 0 Å². The Labute approximate surface area is 198 Å². The average molecular weight is 470 g/mol. The molecule has 9 heteroatoms. The monoisotopic (exact) mass is 469 g/mol. The Morgan fingerprint density at radius 2 is 1.12 bits per heavy atom. The number of aromatic nitrogens is 1. The van der Waals surface area contributed by atoms with Crippen molar-refractivity contribution in [2.45, 2.75) is 78.4 Å². The van der Waals surface area contributed by atoms with Crippen LogP contribution in [0.4, 0.5) is 11.6 Å². The summed E-state index contributed by atoms with van der Waals surface area (Å²) in [4.78, 5) is 56.0. The number of amides is 2. The fraction of sp³-hybridized carbons (Fsp3) is 0.640. The van der Waals surface area contributed by atoms with E-state index in [0.29, 0.717) is 25.7 Å². The van der Waals surface area contributed by atoms with E-state index in [1.165, 1.54) is 0 Å². The van der Waals surface area contributed by atoms with Crippen LogP contribution >= 0.6 is 0 Å². The Bertz CT molecular complexity index is 1080. The summed E-state index contributed by atoms with van der Waals surface area (Å²) in [5, 5.41) is 5.55. The van der Waals surface area contributed by atoms with Crippen molar-refractivity contribution in [1.29, 1.82) is 0 Å². The third-order valence-corrected chi connectivity index (χ3v) is 10.1. The Morgan fingerprint density at radius 1 is 0.735 bits per heavy atom. The van der Waals surface area contributed by atoms with Crippen LogP contribution in [0.2, 0.25) is 0 Å². The molecule has 5 rings (SSSR count). The average Bonchev–Trinajstić information content (AvgIpc) is 3.22. The number of nitrogens with zero attached hydrogens (tertiary/aromatic N) is 1. The van der Waals surface area contributed by atoms with Gasteiger partial charge < -0.3 is 20.1 Å². The molecule has 182 valence electrons. The molecule has 4 fully saturated rings. The standard InChI is InChI=1S/C25H31N3O6/c1-20(2)22(5)10-12-24(20,33-18(22)31)16(29)27-14-8-7-9-15(26-14)28-17(30)25-13-11-23(6,19(32)34-25)21(25,3)4/h7-9H,10-13H2,1-6H3,(H2,26,27,28,29,30)/t22-,23+,24-,25-/m1/s1. The molecule has 9 nitrogen and oxygen atoms in total. The van der Waals surface area contributed by atoms with Crippen LogP contribution in [0.5, 0.6) is 0 Å². The topological polar surface area (TPSA) is 124 Å². The number of anilines is 2. The fourth-order valence-corrected chi connectivity index (χ4v) is 6.50. The molecule has 3 heterocycles. The number of hydrogen-bond donors (Lipinski definition) is 2. The van der Waals surface area contributed by atoms with Gasteiger partial charge in [0.2, 0.25) is 0 Å². The first-order valence-corrected chi connectivity index (χ1v) is 11.7. The van der Waals surface area contributed by atoms with E-state index in [-0.39, 0.29) is 23.6 Å². The van der Waals surface area contributed by atoms with Crippen LogP contribution in [-0.2, 0) is 28.7 Å². The maximum atomic E-state index is 13.3. The highest BCUT2D eigenvalue weighted by Crippen LogP contribution is 2.66. The zero-order valence-corrected chi connectivity index (χ0v) is 20.5. The number of ether oxygens (including phenoxy) is 2. The van der Waals surface area contributed by atoms with Crippen molar-refractivity contribution in [3.8, 4) is 0 Å². The summed E-state index contributed by atoms with van der Waals surface area (Å²) in [6, 6.07) is 4.86. The normalized spacial score (nSPS) is 38.4. The molecule has 2 aliphatic carbocycles. The second-order valence-electron chi connectivity index (χ2n) is 11.7. The van der Waals surface area contributed by atoms with E-state index in [1.54, 1.807) is 18.2 Å². The van der Waals surface area contributed by atoms with Gasteiger partial charge in [0.25, 0.3) is 11.8 Å². The third-order valence-electron chi connectivity index (χ3n) is 10.1. The molecule has 0 radical (unpaired) electrons. The molecule has 4 atom stereocenters. The smallest absolute Gasteiger partial charge is 0.313 e. The molecular weight excluding hydrogens is 438 g/mol. The molecule has 1 aromatic rings. The molecule has 4 bridgehead atoms. The van der Waals surface area contributed by atoms with Gasteiger partial charge in [0.15, 0.2) is 11.2 Å². The van der Waals surface area contributed by atoms with Crippen molar-refractivity contribution >= 4 is 35.4 Å². The molecule has 2 amide bonds. The van der Waals surface area contributed by atoms with Crippen LogP contribution in [0.25, 0.3) is 0 Å². The van der Waals surface area contributed by atoms with Crippen molar-refractivity contribution in [3.05, 3.63) is 18.2 Å². The molecule has 34 heavy (non-hydrogen) atoms. The lowest BCUT2D eigenvalue weighted by Gasteiger charge is -2.35. The summed E-state index contributed by atoms with van der Waals surface area (Å²) in [6.07, 6.45) is 2.02. The molecule has 4 aliphatic rings. The van der Waals surface area contributed by atoms with E-state index < -0.39 is 44.7 Å². The Hall–Kier alpha value is -2.97. The van der Waals surface area contributed by atoms with Gasteiger partial charge in [0.05, 0.1) is 10.8 Å². The number of nitrogens with one attached hydrogen (secondary N) is 2. The van der Waals surface area contributed by atoms with E-state index in [0.717, 1.165) is 0 Å². The molecule has 0 spiro atoms. The number of carbonyl (C=O) groups excluding carboxylic acids is 4. The number of fused-ring (bicyclic) bond motifs is 4. The van der Waals surface area contributed by atoms with Crippen LogP contribution in [0.1, 0.15) is 67.2 Å². The molecule has 2 saturated heterocycles. The lowest BCUT2D eigenvalue weighted by Crippen LogP contribution is -2.51. The van der Waals surface area contributed by atoms with Crippen LogP contribution in [-0.4, -0.2) is 39.9 Å². The van der Waals surface area contributed by atoms with Crippen LogP contribution < -0.4 is 10.6 Å². The highest BCUT2D eigenvalue weighted by atomic mass is 16.6. The molecule has 2 saturated carbocycles. The Balaban J connectivity index is 1.36. The maximum Gasteiger partial charge on any atom is 0.313 e. The summed E-state index contributed by atoms with van der Waals surface area (Å²) in [6.45, 7) is 11.2. The zero-order chi connectivity index (χ0) is 24.9. The lowest BCUT2D eigenvalue weighted by molar-refractivity contribution is -0.166. The van der Waals surface area contributed by atoms with Crippen molar-refractivity contribution in [3.63, 3.8) is 0 Å². The summed E-state index contributed by atoms with van der Waals surface area (Å²) in [5.74, 6) is -1.13. The van der Waals surface area contributed by atoms with Gasteiger partial charge in [-0.25, -0.2) is 4.98 Å². The minimum atomic E-state index is -1.27. The first kappa shape index (κ1) is 22.8. The Morgan fingerprint density at radius 3 is 1.41 bits per heavy atom. The van der Waals surface area contributed by atoms with Crippen molar-refractivity contribution < 1.29 is 28.7 Å². The zero-order valence-electron chi connectivity index (χ0n) is 20.5. The van der Waals surface area contributed by atoms with E-state index in [1.807, 2.05) is 41.5 Å². The summed E-state index contributed by atoms with van der Waals surface area (Å²) in [7, 11) is 0. The van der Waals surface area contributed by atoms with Crippen LogP contribution in [0, 0.1) is 21.7 Å². The number of esters is 2. The maximum absolute atomic E-state index is 13.3. The van der Waals surface area contributed by atoms with Crippen molar-refractivity contribution in [1.82, 2.24) is 4.98 Å². The second kappa shape index (κ2) is 6.37. The van der Waals surface area contributed by atoms with Gasteiger partial charge in [0, 0.05) is 10.8 Å². The van der Waals surface area contributed by atoms with Crippen LogP contribution in [0.15, 0.2) is 18.2 Å². The van der Waals surface area contributed by atoms with Gasteiger partial charge in [-0.15, -0.1) is 0 Å². The molecule has 2 aliphatic heterocycles. The third kappa shape index (κ3) is 2.33. The molecule has 1 aromatic heterocycles. The largest absolute Gasteiger partial charge is 0.448 e. The minimum Gasteiger partial charge on any atom is -0.448 e. The van der Waals surface area contributed by atoms with E-state index in [2.05, 4.69) is 15.6 Å². The number of carbonyl (C=O) groups is 4. The van der Waals surface area contributed by atoms with Gasteiger partial charge in [0.1, 0.15) is 11.6 Å². The van der Waals surface area contributed by atoms with Gasteiger partial charge in [-0.1, -0.05) is 33.8 Å². The minimum absolute atomic E-state index is 0.223. The van der Waals surface area contributed by atoms with Gasteiger partial charge in [-0.3, -0.25) is 19.2 Å². The predicted octanol–water partition coefficient (Wildman–Crippen LogP) is 3.20. The number of rotatable bonds is 4. The first-order chi connectivity index (χ1) is 15.7. The summed E-state index contributed by atoms with van der Waals surface area (Å²) >= 11 is 0. The second-order valence-corrected chi connectivity index (χ2v) is 11.7. The SMILES string of the molecule is CC1(C)[C@@]2(C)CC[C@]1(C(=O)Nc1cccc(NC(=O)[C@@]34CC[C@](C)(C(=O)O3)C4(C)C)n1)OC2=O. The quantitative estimate of drug-likeness (QED) is 0.649. The number of hydrogen-bond acceptors (Lipinski definition) is 7. The highest BCUT2D eigenvalue weighted by Gasteiger charge is 2.76. The number of pyridine rings is 1. The van der Waals surface area contributed by atoms with Gasteiger partial charge in [-0.05, 0) is 51.7 Å². The lowest BCUT2D eigenvalue weighted by atomic mass is 9.66. The van der Waals surface area contributed by atoms with Gasteiger partial charge >= 0.3 is 11.9 Å². The van der Waals surface area contributed by atoms with E-state index in [9.17, 15) is 19.2 Å². The first-order valence-electron chi connectivity index (χ1n) is 11.7.